The lowest BCUT2D eigenvalue weighted by atomic mass is 9.99. The van der Waals surface area contributed by atoms with Crippen LogP contribution < -0.4 is 0 Å². The topological polar surface area (TPSA) is 29.5 Å². The highest BCUT2D eigenvalue weighted by Gasteiger charge is 2.22. The van der Waals surface area contributed by atoms with E-state index in [0.717, 1.165) is 24.7 Å². The molecule has 2 heterocycles. The molecule has 0 spiro atoms. The van der Waals surface area contributed by atoms with Crippen LogP contribution >= 0.6 is 0 Å². The van der Waals surface area contributed by atoms with Gasteiger partial charge in [-0.2, -0.15) is 0 Å². The number of hydrogen-bond donors (Lipinski definition) is 0. The summed E-state index contributed by atoms with van der Waals surface area (Å²) in [6.45, 7) is 4.91. The molecular weight excluding hydrogens is 166 g/mol. The van der Waals surface area contributed by atoms with Crippen LogP contribution in [0.15, 0.2) is 11.8 Å². The van der Waals surface area contributed by atoms with Crippen LogP contribution in [-0.4, -0.2) is 30.6 Å². The molecule has 3 nitrogen and oxygen atoms in total. The molecule has 13 heavy (non-hydrogen) atoms. The summed E-state index contributed by atoms with van der Waals surface area (Å²) in [7, 11) is 0. The van der Waals surface area contributed by atoms with Crippen molar-refractivity contribution < 1.29 is 9.53 Å². The molecule has 0 radical (unpaired) electrons. The van der Waals surface area contributed by atoms with Gasteiger partial charge in [0.2, 0.25) is 0 Å². The second-order valence-electron chi connectivity index (χ2n) is 3.91. The second kappa shape index (κ2) is 3.40. The molecule has 0 atom stereocenters. The number of hydrogen-bond acceptors (Lipinski definition) is 3. The Morgan fingerprint density at radius 3 is 2.69 bits per heavy atom. The summed E-state index contributed by atoms with van der Waals surface area (Å²) in [5.41, 5.74) is 1.07. The molecule has 2 rings (SSSR count). The standard InChI is InChI=1S/C10H15NO2/c1-8-2-4-11(5-3-8)9-6-10(12)13-7-9/h6,8H,2-5,7H2,1H3. The minimum absolute atomic E-state index is 0.186. The van der Waals surface area contributed by atoms with Gasteiger partial charge < -0.3 is 9.64 Å². The first-order chi connectivity index (χ1) is 6.25. The third-order valence-electron chi connectivity index (χ3n) is 2.84. The molecule has 0 aromatic heterocycles. The molecule has 0 bridgehead atoms. The predicted octanol–water partition coefficient (Wildman–Crippen LogP) is 1.16. The van der Waals surface area contributed by atoms with Crippen molar-refractivity contribution in [3.8, 4) is 0 Å². The molecule has 0 unspecified atom stereocenters. The summed E-state index contributed by atoms with van der Waals surface area (Å²) < 4.78 is 4.87. The van der Waals surface area contributed by atoms with Crippen molar-refractivity contribution in [2.24, 2.45) is 5.92 Å². The Hall–Kier alpha value is -0.990. The summed E-state index contributed by atoms with van der Waals surface area (Å²) >= 11 is 0. The van der Waals surface area contributed by atoms with E-state index in [0.29, 0.717) is 6.61 Å². The lowest BCUT2D eigenvalue weighted by Gasteiger charge is -2.32. The minimum atomic E-state index is -0.186. The highest BCUT2D eigenvalue weighted by molar-refractivity contribution is 5.85. The number of nitrogens with zero attached hydrogens (tertiary/aromatic N) is 1. The molecule has 2 aliphatic heterocycles. The molecule has 0 amide bonds. The monoisotopic (exact) mass is 181 g/mol. The molecule has 0 saturated carbocycles. The number of cyclic esters (lactones) is 1. The highest BCUT2D eigenvalue weighted by Crippen LogP contribution is 2.21. The SMILES string of the molecule is CC1CCN(C2=CC(=O)OC2)CC1. The molecular formula is C10H15NO2. The van der Waals surface area contributed by atoms with Crippen molar-refractivity contribution in [2.75, 3.05) is 19.7 Å². The molecule has 72 valence electrons. The van der Waals surface area contributed by atoms with Crippen molar-refractivity contribution in [2.45, 2.75) is 19.8 Å². The number of rotatable bonds is 1. The van der Waals surface area contributed by atoms with Gasteiger partial charge in [0.05, 0.1) is 5.70 Å². The van der Waals surface area contributed by atoms with Crippen LogP contribution in [0.25, 0.3) is 0 Å². The lowest BCUT2D eigenvalue weighted by Crippen LogP contribution is -2.32. The fraction of sp³-hybridized carbons (Fsp3) is 0.700. The van der Waals surface area contributed by atoms with E-state index >= 15 is 0 Å². The zero-order valence-corrected chi connectivity index (χ0v) is 7.95. The van der Waals surface area contributed by atoms with Crippen LogP contribution in [0.1, 0.15) is 19.8 Å². The molecule has 0 aromatic carbocycles. The third kappa shape index (κ3) is 1.85. The Labute approximate surface area is 78.4 Å². The summed E-state index contributed by atoms with van der Waals surface area (Å²) in [4.78, 5) is 13.1. The number of carbonyl (C=O) groups excluding carboxylic acids is 1. The Balaban J connectivity index is 1.95. The predicted molar refractivity (Wildman–Crippen MR) is 49.0 cm³/mol. The van der Waals surface area contributed by atoms with Gasteiger partial charge in [-0.15, -0.1) is 0 Å². The Morgan fingerprint density at radius 2 is 2.15 bits per heavy atom. The molecule has 3 heteroatoms. The van der Waals surface area contributed by atoms with Gasteiger partial charge in [0.25, 0.3) is 0 Å². The van der Waals surface area contributed by atoms with Gasteiger partial charge in [0.1, 0.15) is 6.61 Å². The van der Waals surface area contributed by atoms with E-state index < -0.39 is 0 Å². The smallest absolute Gasteiger partial charge is 0.333 e. The molecule has 0 aromatic rings. The number of likely N-dealkylation sites (tertiary alicyclic amines) is 1. The molecule has 0 aliphatic carbocycles. The van der Waals surface area contributed by atoms with E-state index in [4.69, 9.17) is 4.74 Å². The molecule has 1 fully saturated rings. The van der Waals surface area contributed by atoms with Gasteiger partial charge in [0, 0.05) is 19.2 Å². The van der Waals surface area contributed by atoms with E-state index in [1.807, 2.05) is 0 Å². The average molecular weight is 181 g/mol. The van der Waals surface area contributed by atoms with Crippen LogP contribution in [0, 0.1) is 5.92 Å². The van der Waals surface area contributed by atoms with Gasteiger partial charge in [-0.25, -0.2) is 4.79 Å². The minimum Gasteiger partial charge on any atom is -0.456 e. The van der Waals surface area contributed by atoms with Gasteiger partial charge in [0.15, 0.2) is 0 Å². The zero-order chi connectivity index (χ0) is 9.26. The normalized spacial score (nSPS) is 24.5. The first kappa shape index (κ1) is 8.60. The maximum absolute atomic E-state index is 10.8. The van der Waals surface area contributed by atoms with Gasteiger partial charge in [-0.1, -0.05) is 6.92 Å². The molecule has 0 N–H and O–H groups in total. The van der Waals surface area contributed by atoms with Gasteiger partial charge in [-0.3, -0.25) is 0 Å². The Morgan fingerprint density at radius 1 is 1.46 bits per heavy atom. The number of ether oxygens (including phenoxy) is 1. The summed E-state index contributed by atoms with van der Waals surface area (Å²) in [6.07, 6.45) is 4.08. The van der Waals surface area contributed by atoms with Crippen LogP contribution in [0.5, 0.6) is 0 Å². The second-order valence-corrected chi connectivity index (χ2v) is 3.91. The number of piperidine rings is 1. The van der Waals surface area contributed by atoms with Crippen LogP contribution in [0.2, 0.25) is 0 Å². The van der Waals surface area contributed by atoms with Gasteiger partial charge >= 0.3 is 5.97 Å². The maximum Gasteiger partial charge on any atom is 0.333 e. The largest absolute Gasteiger partial charge is 0.456 e. The van der Waals surface area contributed by atoms with Crippen LogP contribution in [0.4, 0.5) is 0 Å². The highest BCUT2D eigenvalue weighted by atomic mass is 16.5. The number of carbonyl (C=O) groups is 1. The fourth-order valence-electron chi connectivity index (χ4n) is 1.84. The molecule has 1 saturated heterocycles. The fourth-order valence-corrected chi connectivity index (χ4v) is 1.84. The first-order valence-electron chi connectivity index (χ1n) is 4.88. The van der Waals surface area contributed by atoms with E-state index in [1.54, 1.807) is 6.08 Å². The van der Waals surface area contributed by atoms with Crippen molar-refractivity contribution in [3.63, 3.8) is 0 Å². The van der Waals surface area contributed by atoms with E-state index in [1.165, 1.54) is 12.8 Å². The summed E-state index contributed by atoms with van der Waals surface area (Å²) in [6, 6.07) is 0. The average Bonchev–Trinajstić information content (AvgIpc) is 2.53. The van der Waals surface area contributed by atoms with Crippen molar-refractivity contribution in [1.29, 1.82) is 0 Å². The molecule has 2 aliphatic rings. The Kier molecular flexibility index (Phi) is 2.25. The first-order valence-corrected chi connectivity index (χ1v) is 4.88. The third-order valence-corrected chi connectivity index (χ3v) is 2.84. The zero-order valence-electron chi connectivity index (χ0n) is 7.95. The summed E-state index contributed by atoms with van der Waals surface area (Å²) in [5, 5.41) is 0. The Bertz CT molecular complexity index is 239. The quantitative estimate of drug-likeness (QED) is 0.568. The van der Waals surface area contributed by atoms with E-state index in [9.17, 15) is 4.79 Å². The van der Waals surface area contributed by atoms with Crippen LogP contribution in [0.3, 0.4) is 0 Å². The van der Waals surface area contributed by atoms with E-state index in [2.05, 4.69) is 11.8 Å². The van der Waals surface area contributed by atoms with Crippen LogP contribution in [-0.2, 0) is 9.53 Å². The maximum atomic E-state index is 10.8. The van der Waals surface area contributed by atoms with Crippen molar-refractivity contribution in [1.82, 2.24) is 4.90 Å². The lowest BCUT2D eigenvalue weighted by molar-refractivity contribution is -0.135. The number of esters is 1. The summed E-state index contributed by atoms with van der Waals surface area (Å²) in [5.74, 6) is 0.642. The van der Waals surface area contributed by atoms with E-state index in [-0.39, 0.29) is 5.97 Å². The van der Waals surface area contributed by atoms with Crippen molar-refractivity contribution >= 4 is 5.97 Å². The van der Waals surface area contributed by atoms with Gasteiger partial charge in [-0.05, 0) is 18.8 Å². The van der Waals surface area contributed by atoms with Crippen molar-refractivity contribution in [3.05, 3.63) is 11.8 Å².